The Hall–Kier alpha value is 0.810. The molecule has 8 nitrogen and oxygen atoms in total. The number of hydrogen-bond acceptors (Lipinski definition) is 6. The fourth-order valence-corrected chi connectivity index (χ4v) is 0. The zero-order valence-corrected chi connectivity index (χ0v) is 8.59. The first kappa shape index (κ1) is 17.8. The van der Waals surface area contributed by atoms with Crippen LogP contribution in [0.3, 0.4) is 0 Å². The van der Waals surface area contributed by atoms with E-state index in [1.165, 1.54) is 0 Å². The maximum atomic E-state index is 8.82. The van der Waals surface area contributed by atoms with E-state index in [1.54, 1.807) is 0 Å². The average Bonchev–Trinajstić information content (AvgIpc) is 1.12. The molecule has 0 aliphatic heterocycles. The van der Waals surface area contributed by atoms with Gasteiger partial charge < -0.3 is 0 Å². The minimum atomic E-state index is -5.88. The van der Waals surface area contributed by atoms with Crippen LogP contribution in [0, 0.1) is 0 Å². The second kappa shape index (κ2) is 6.34. The summed E-state index contributed by atoms with van der Waals surface area (Å²) < 4.78 is 66.3. The molecule has 0 aromatic rings. The molecule has 0 unspecified atom stereocenters. The molecule has 0 rings (SSSR count). The van der Waals surface area contributed by atoms with Crippen molar-refractivity contribution < 1.29 is 62.6 Å². The van der Waals surface area contributed by atoms with Crippen LogP contribution in [-0.4, -0.2) is 22.8 Å². The van der Waals surface area contributed by atoms with Gasteiger partial charge in [0.05, 0.1) is 0 Å². The van der Waals surface area contributed by atoms with E-state index in [2.05, 4.69) is 0 Å². The summed E-state index contributed by atoms with van der Waals surface area (Å²) >= 11 is -11.1. The van der Waals surface area contributed by atoms with Gasteiger partial charge >= 0.3 is 77.1 Å². The van der Waals surface area contributed by atoms with Crippen molar-refractivity contribution in [1.29, 1.82) is 0 Å². The Labute approximate surface area is 77.1 Å². The van der Waals surface area contributed by atoms with Crippen molar-refractivity contribution in [2.24, 2.45) is 0 Å². The van der Waals surface area contributed by atoms with E-state index in [4.69, 9.17) is 31.9 Å². The van der Waals surface area contributed by atoms with Crippen molar-refractivity contribution in [3.63, 3.8) is 0 Å². The van der Waals surface area contributed by atoms with Crippen molar-refractivity contribution in [2.45, 2.75) is 0 Å². The van der Waals surface area contributed by atoms with Gasteiger partial charge in [-0.15, -0.1) is 0 Å². The standard InChI is InChI=1S/AsH3O4.Cr.Cu.2H2O.2O/c2-1(3,4)5;;;;;;/h(H3,2,3,4,5);;;2*1H2;;/q;+2;+3;;;;/p-5. The molecule has 0 fully saturated rings. The summed E-state index contributed by atoms with van der Waals surface area (Å²) in [7, 11) is 0. The molecular formula is H2AsCrCuO8. The predicted molar refractivity (Wildman–Crippen MR) is 12.3 cm³/mol. The van der Waals surface area contributed by atoms with Crippen LogP contribution < -0.4 is 12.3 Å². The van der Waals surface area contributed by atoms with E-state index in [0.29, 0.717) is 0 Å². The predicted octanol–water partition coefficient (Wildman–Crippen LogP) is -5.42. The van der Waals surface area contributed by atoms with Crippen LogP contribution in [0.1, 0.15) is 0 Å². The topological polar surface area (TPSA) is 161 Å². The molecule has 0 amide bonds. The Morgan fingerprint density at radius 1 is 1.09 bits per heavy atom. The average molecular weight is 320 g/mol. The molecule has 11 heavy (non-hydrogen) atoms. The summed E-state index contributed by atoms with van der Waals surface area (Å²) in [5.74, 6) is 0. The van der Waals surface area contributed by atoms with Gasteiger partial charge in [0, 0.05) is 0 Å². The molecule has 0 saturated carbocycles. The van der Waals surface area contributed by atoms with Crippen LogP contribution in [0.5, 0.6) is 0 Å². The minimum absolute atomic E-state index is 0. The Morgan fingerprint density at radius 2 is 1.09 bits per heavy atom. The van der Waals surface area contributed by atoms with Gasteiger partial charge in [0.15, 0.2) is 0 Å². The second-order valence-electron chi connectivity index (χ2n) is 0.895. The molecule has 0 aromatic heterocycles. The number of rotatable bonds is 0. The molecule has 0 radical (unpaired) electrons. The molecule has 0 aliphatic carbocycles. The van der Waals surface area contributed by atoms with Crippen LogP contribution in [0.4, 0.5) is 0 Å². The third kappa shape index (κ3) is 1280. The van der Waals surface area contributed by atoms with Crippen molar-refractivity contribution >= 4 is 14.5 Å². The zero-order chi connectivity index (χ0) is 9.00. The molecule has 72 valence electrons. The van der Waals surface area contributed by atoms with Crippen LogP contribution in [0.2, 0.25) is 0 Å². The van der Waals surface area contributed by atoms with E-state index >= 15 is 0 Å². The third-order valence-electron chi connectivity index (χ3n) is 0. The molecule has 0 saturated heterocycles. The Morgan fingerprint density at radius 3 is 1.09 bits per heavy atom. The maximum absolute atomic E-state index is 8.82. The Balaban J connectivity index is -0.000000107. The summed E-state index contributed by atoms with van der Waals surface area (Å²) in [6.45, 7) is 0. The van der Waals surface area contributed by atoms with Gasteiger partial charge in [-0.05, 0) is 0 Å². The van der Waals surface area contributed by atoms with Crippen molar-refractivity contribution in [3.05, 3.63) is 0 Å². The molecule has 0 atom stereocenters. The molecule has 0 heterocycles. The normalized spacial score (nSPS) is 10.6. The Kier molecular flexibility index (Phi) is 10.2. The summed E-state index contributed by atoms with van der Waals surface area (Å²) in [5.41, 5.74) is 0. The first-order valence-corrected chi connectivity index (χ1v) is 6.67. The summed E-state index contributed by atoms with van der Waals surface area (Å²) in [5, 5.41) is 0. The van der Waals surface area contributed by atoms with E-state index in [-0.39, 0.29) is 17.1 Å². The van der Waals surface area contributed by atoms with Crippen molar-refractivity contribution in [3.8, 4) is 0 Å². The molecule has 0 spiro atoms. The quantitative estimate of drug-likeness (QED) is 0.418. The molecule has 0 bridgehead atoms. The SMILES string of the molecule is O=[As]([O-])([O-])[O-].[Cu+3].[O]=[Cr](=[O])([OH])[OH]. The first-order valence-electron chi connectivity index (χ1n) is 1.43. The van der Waals surface area contributed by atoms with E-state index in [0.717, 1.165) is 0 Å². The van der Waals surface area contributed by atoms with Gasteiger partial charge in [0.2, 0.25) is 0 Å². The van der Waals surface area contributed by atoms with Crippen LogP contribution in [0.25, 0.3) is 0 Å². The monoisotopic (exact) mass is 320 g/mol. The molecular weight excluding hydrogens is 318 g/mol. The number of hydrogen-bond donors (Lipinski definition) is 2. The zero-order valence-electron chi connectivity index (χ0n) is 4.50. The van der Waals surface area contributed by atoms with E-state index in [1.807, 2.05) is 0 Å². The summed E-state index contributed by atoms with van der Waals surface area (Å²) in [4.78, 5) is 0. The third-order valence-corrected chi connectivity index (χ3v) is 0. The Bertz CT molecular complexity index is 192. The van der Waals surface area contributed by atoms with Crippen LogP contribution in [0.15, 0.2) is 0 Å². The molecule has 0 aliphatic rings. The first-order chi connectivity index (χ1) is 4.00. The summed E-state index contributed by atoms with van der Waals surface area (Å²) in [6, 6.07) is 0. The molecule has 11 heteroatoms. The summed E-state index contributed by atoms with van der Waals surface area (Å²) in [6.07, 6.45) is 0. The van der Waals surface area contributed by atoms with E-state index in [9.17, 15) is 0 Å². The fraction of sp³-hybridized carbons (Fsp3) is 0. The van der Waals surface area contributed by atoms with Gasteiger partial charge in [-0.3, -0.25) is 0 Å². The van der Waals surface area contributed by atoms with E-state index < -0.39 is 28.1 Å². The second-order valence-corrected chi connectivity index (χ2v) is 4.17. The molecule has 2 N–H and O–H groups in total. The fourth-order valence-electron chi connectivity index (χ4n) is 0. The van der Waals surface area contributed by atoms with Gasteiger partial charge in [0.25, 0.3) is 0 Å². The van der Waals surface area contributed by atoms with Crippen molar-refractivity contribution in [1.82, 2.24) is 0 Å². The van der Waals surface area contributed by atoms with Gasteiger partial charge in [-0.1, -0.05) is 0 Å². The van der Waals surface area contributed by atoms with Gasteiger partial charge in [-0.2, -0.15) is 0 Å². The van der Waals surface area contributed by atoms with Gasteiger partial charge in [0.1, 0.15) is 0 Å². The van der Waals surface area contributed by atoms with Crippen LogP contribution >= 0.6 is 0 Å². The van der Waals surface area contributed by atoms with Crippen LogP contribution in [-0.2, 0) is 42.0 Å². The van der Waals surface area contributed by atoms with Crippen molar-refractivity contribution in [2.75, 3.05) is 0 Å². The van der Waals surface area contributed by atoms with Gasteiger partial charge in [-0.25, -0.2) is 0 Å². The molecule has 0 aromatic carbocycles.